The largest absolute Gasteiger partial charge is 0.507 e. The van der Waals surface area contributed by atoms with Crippen LogP contribution in [0.25, 0.3) is 33.0 Å². The van der Waals surface area contributed by atoms with Crippen LogP contribution in [0, 0.1) is 5.82 Å². The number of hydrogen-bond donors (Lipinski definition) is 1. The number of methoxy groups -OCH3 is 2. The molecule has 0 heterocycles. The first kappa shape index (κ1) is 19.4. The minimum Gasteiger partial charge on any atom is -0.507 e. The summed E-state index contributed by atoms with van der Waals surface area (Å²) in [6, 6.07) is 18.5. The van der Waals surface area contributed by atoms with Crippen LogP contribution in [-0.2, 0) is 5.41 Å². The molecule has 156 valence electrons. The predicted molar refractivity (Wildman–Crippen MR) is 122 cm³/mol. The van der Waals surface area contributed by atoms with E-state index in [9.17, 15) is 9.50 Å². The van der Waals surface area contributed by atoms with Crippen molar-refractivity contribution in [2.45, 2.75) is 19.3 Å². The second-order valence-corrected chi connectivity index (χ2v) is 8.46. The monoisotopic (exact) mass is 414 g/mol. The second-order valence-electron chi connectivity index (χ2n) is 8.46. The molecule has 0 saturated heterocycles. The maximum Gasteiger partial charge on any atom is 0.161 e. The van der Waals surface area contributed by atoms with Gasteiger partial charge in [-0.15, -0.1) is 0 Å². The molecule has 5 rings (SSSR count). The Hall–Kier alpha value is -3.53. The maximum absolute atomic E-state index is 13.4. The molecule has 0 unspecified atom stereocenters. The molecular formula is C27H23FO3. The first-order chi connectivity index (χ1) is 14.8. The van der Waals surface area contributed by atoms with E-state index in [1.807, 2.05) is 18.2 Å². The van der Waals surface area contributed by atoms with E-state index in [1.165, 1.54) is 17.7 Å². The second kappa shape index (κ2) is 6.74. The van der Waals surface area contributed by atoms with E-state index in [0.29, 0.717) is 11.5 Å². The molecular weight excluding hydrogens is 391 g/mol. The van der Waals surface area contributed by atoms with Crippen LogP contribution in [0.5, 0.6) is 17.2 Å². The first-order valence-corrected chi connectivity index (χ1v) is 10.2. The molecule has 0 atom stereocenters. The first-order valence-electron chi connectivity index (χ1n) is 10.2. The summed E-state index contributed by atoms with van der Waals surface area (Å²) in [4.78, 5) is 0. The van der Waals surface area contributed by atoms with Crippen LogP contribution in [0.15, 0.2) is 60.7 Å². The van der Waals surface area contributed by atoms with Gasteiger partial charge in [0, 0.05) is 10.8 Å². The fraction of sp³-hybridized carbons (Fsp3) is 0.185. The predicted octanol–water partition coefficient (Wildman–Crippen LogP) is 6.68. The van der Waals surface area contributed by atoms with Gasteiger partial charge in [-0.05, 0) is 75.2 Å². The molecule has 0 aromatic heterocycles. The van der Waals surface area contributed by atoms with Crippen molar-refractivity contribution in [3.05, 3.63) is 77.6 Å². The highest BCUT2D eigenvalue weighted by molar-refractivity contribution is 6.06. The summed E-state index contributed by atoms with van der Waals surface area (Å²) >= 11 is 0. The van der Waals surface area contributed by atoms with Gasteiger partial charge in [-0.1, -0.05) is 38.1 Å². The van der Waals surface area contributed by atoms with Gasteiger partial charge in [-0.3, -0.25) is 0 Å². The molecule has 0 aliphatic heterocycles. The Morgan fingerprint density at radius 3 is 2.00 bits per heavy atom. The van der Waals surface area contributed by atoms with Crippen molar-refractivity contribution in [3.63, 3.8) is 0 Å². The van der Waals surface area contributed by atoms with Crippen molar-refractivity contribution < 1.29 is 19.0 Å². The van der Waals surface area contributed by atoms with Crippen molar-refractivity contribution in [2.75, 3.05) is 14.2 Å². The van der Waals surface area contributed by atoms with Gasteiger partial charge in [-0.25, -0.2) is 4.39 Å². The summed E-state index contributed by atoms with van der Waals surface area (Å²) in [7, 11) is 3.20. The van der Waals surface area contributed by atoms with Gasteiger partial charge < -0.3 is 14.6 Å². The Balaban J connectivity index is 1.79. The van der Waals surface area contributed by atoms with Crippen molar-refractivity contribution in [3.8, 4) is 39.5 Å². The van der Waals surface area contributed by atoms with Gasteiger partial charge in [0.15, 0.2) is 11.5 Å². The van der Waals surface area contributed by atoms with Crippen LogP contribution in [0.3, 0.4) is 0 Å². The number of phenols is 1. The van der Waals surface area contributed by atoms with Gasteiger partial charge in [0.1, 0.15) is 11.6 Å². The standard InChI is InChI=1S/C27H23FO3/c1-27(2)21-11-16(15-5-8-17(28)9-6-15)7-10-18(21)26-20-13-25(31-4)24(30-3)12-19(20)23(29)14-22(26)27/h5-14,29H,1-4H3. The molecule has 0 amide bonds. The average Bonchev–Trinajstić information content (AvgIpc) is 3.00. The van der Waals surface area contributed by atoms with E-state index in [0.717, 1.165) is 38.6 Å². The van der Waals surface area contributed by atoms with Crippen LogP contribution in [0.1, 0.15) is 25.0 Å². The van der Waals surface area contributed by atoms with Gasteiger partial charge in [-0.2, -0.15) is 0 Å². The molecule has 1 aliphatic rings. The fourth-order valence-corrected chi connectivity index (χ4v) is 4.76. The Kier molecular flexibility index (Phi) is 4.23. The smallest absolute Gasteiger partial charge is 0.161 e. The zero-order valence-electron chi connectivity index (χ0n) is 17.9. The number of rotatable bonds is 3. The Bertz CT molecular complexity index is 1340. The molecule has 0 saturated carbocycles. The van der Waals surface area contributed by atoms with E-state index in [-0.39, 0.29) is 17.0 Å². The number of phenolic OH excluding ortho intramolecular Hbond substituents is 1. The normalized spacial score (nSPS) is 13.7. The lowest BCUT2D eigenvalue weighted by molar-refractivity contribution is 0.355. The van der Waals surface area contributed by atoms with Crippen LogP contribution < -0.4 is 9.47 Å². The summed E-state index contributed by atoms with van der Waals surface area (Å²) < 4.78 is 24.4. The third-order valence-corrected chi connectivity index (χ3v) is 6.43. The van der Waals surface area contributed by atoms with E-state index in [1.54, 1.807) is 26.4 Å². The van der Waals surface area contributed by atoms with Crippen LogP contribution in [0.4, 0.5) is 4.39 Å². The molecule has 3 nitrogen and oxygen atoms in total. The third kappa shape index (κ3) is 2.78. The van der Waals surface area contributed by atoms with E-state index in [2.05, 4.69) is 32.0 Å². The minimum atomic E-state index is -0.306. The molecule has 0 radical (unpaired) electrons. The van der Waals surface area contributed by atoms with Gasteiger partial charge >= 0.3 is 0 Å². The summed E-state index contributed by atoms with van der Waals surface area (Å²) in [5.74, 6) is 1.17. The lowest BCUT2D eigenvalue weighted by Gasteiger charge is -2.22. The van der Waals surface area contributed by atoms with E-state index < -0.39 is 0 Å². The Morgan fingerprint density at radius 2 is 1.35 bits per heavy atom. The SMILES string of the molecule is COc1cc2c(O)cc3c(c2cc1OC)-c1ccc(-c2ccc(F)cc2)cc1C3(C)C. The number of ether oxygens (including phenoxy) is 2. The molecule has 0 fully saturated rings. The zero-order chi connectivity index (χ0) is 21.9. The number of aromatic hydroxyl groups is 1. The van der Waals surface area contributed by atoms with E-state index >= 15 is 0 Å². The Labute approximate surface area is 180 Å². The topological polar surface area (TPSA) is 38.7 Å². The lowest BCUT2D eigenvalue weighted by Crippen LogP contribution is -2.15. The molecule has 1 aliphatic carbocycles. The van der Waals surface area contributed by atoms with Crippen molar-refractivity contribution in [1.82, 2.24) is 0 Å². The lowest BCUT2D eigenvalue weighted by atomic mass is 9.81. The quantitative estimate of drug-likeness (QED) is 0.407. The summed E-state index contributed by atoms with van der Waals surface area (Å²) in [6.07, 6.45) is 0. The highest BCUT2D eigenvalue weighted by atomic mass is 19.1. The van der Waals surface area contributed by atoms with Gasteiger partial charge in [0.2, 0.25) is 0 Å². The minimum absolute atomic E-state index is 0.217. The number of hydrogen-bond acceptors (Lipinski definition) is 3. The zero-order valence-corrected chi connectivity index (χ0v) is 17.9. The highest BCUT2D eigenvalue weighted by Crippen LogP contribution is 2.54. The van der Waals surface area contributed by atoms with Gasteiger partial charge in [0.25, 0.3) is 0 Å². The fourth-order valence-electron chi connectivity index (χ4n) is 4.76. The van der Waals surface area contributed by atoms with Crippen LogP contribution >= 0.6 is 0 Å². The van der Waals surface area contributed by atoms with E-state index in [4.69, 9.17) is 9.47 Å². The summed E-state index contributed by atoms with van der Waals surface area (Å²) in [5.41, 5.74) is 6.16. The molecule has 4 heteroatoms. The summed E-state index contributed by atoms with van der Waals surface area (Å²) in [5, 5.41) is 12.5. The maximum atomic E-state index is 13.4. The van der Waals surface area contributed by atoms with Crippen molar-refractivity contribution in [2.24, 2.45) is 0 Å². The average molecular weight is 414 g/mol. The van der Waals surface area contributed by atoms with Crippen molar-refractivity contribution in [1.29, 1.82) is 0 Å². The number of halogens is 1. The van der Waals surface area contributed by atoms with Gasteiger partial charge in [0.05, 0.1) is 14.2 Å². The van der Waals surface area contributed by atoms with Crippen LogP contribution in [0.2, 0.25) is 0 Å². The number of fused-ring (bicyclic) bond motifs is 5. The third-order valence-electron chi connectivity index (χ3n) is 6.43. The molecule has 31 heavy (non-hydrogen) atoms. The molecule has 4 aromatic carbocycles. The molecule has 4 aromatic rings. The Morgan fingerprint density at radius 1 is 0.742 bits per heavy atom. The highest BCUT2D eigenvalue weighted by Gasteiger charge is 2.37. The molecule has 0 spiro atoms. The van der Waals surface area contributed by atoms with Crippen LogP contribution in [-0.4, -0.2) is 19.3 Å². The van der Waals surface area contributed by atoms with Crippen molar-refractivity contribution >= 4 is 10.8 Å². The summed E-state index contributed by atoms with van der Waals surface area (Å²) in [6.45, 7) is 4.33. The molecule has 0 bridgehead atoms. The molecule has 1 N–H and O–H groups in total. The number of benzene rings is 4.